The predicted molar refractivity (Wildman–Crippen MR) is 120 cm³/mol. The number of carbonyl (C=O) groups excluding carboxylic acids is 2. The van der Waals surface area contributed by atoms with Crippen LogP contribution in [0.3, 0.4) is 0 Å². The molecule has 27 heavy (non-hydrogen) atoms. The number of phenols is 1. The van der Waals surface area contributed by atoms with Gasteiger partial charge >= 0.3 is 0 Å². The van der Waals surface area contributed by atoms with E-state index in [9.17, 15) is 9.59 Å². The fourth-order valence-electron chi connectivity index (χ4n) is 1.45. The lowest BCUT2D eigenvalue weighted by atomic mass is 10.2. The van der Waals surface area contributed by atoms with Crippen molar-refractivity contribution < 1.29 is 19.4 Å². The molecule has 0 bridgehead atoms. The molecule has 4 nitrogen and oxygen atoms in total. The summed E-state index contributed by atoms with van der Waals surface area (Å²) in [6, 6.07) is 9.74. The topological polar surface area (TPSA) is 63.6 Å². The highest BCUT2D eigenvalue weighted by Gasteiger charge is 2.00. The second kappa shape index (κ2) is 15.4. The van der Waals surface area contributed by atoms with Crippen LogP contribution in [0.15, 0.2) is 70.7 Å². The largest absolute Gasteiger partial charge is 0.507 e. The first-order chi connectivity index (χ1) is 12.9. The molecule has 2 aromatic rings. The van der Waals surface area contributed by atoms with Gasteiger partial charge in [0, 0.05) is 16.5 Å². The third-order valence-corrected chi connectivity index (χ3v) is 4.38. The van der Waals surface area contributed by atoms with E-state index in [2.05, 4.69) is 60.9 Å². The Balaban J connectivity index is 0.000000428. The number of carbonyl (C=O) groups is 2. The fourth-order valence-corrected chi connectivity index (χ4v) is 2.36. The number of rotatable bonds is 6. The summed E-state index contributed by atoms with van der Waals surface area (Å²) < 4.78 is 6.62. The van der Waals surface area contributed by atoms with Crippen molar-refractivity contribution >= 4 is 60.4 Å². The Morgan fingerprint density at radius 3 is 1.85 bits per heavy atom. The monoisotopic (exact) mass is 560 g/mol. The van der Waals surface area contributed by atoms with Gasteiger partial charge in [0.2, 0.25) is 0 Å². The Bertz CT molecular complexity index is 761. The predicted octanol–water partition coefficient (Wildman–Crippen LogP) is 6.36. The Hall–Kier alpha value is -1.70. The third-order valence-electron chi connectivity index (χ3n) is 2.67. The number of halogens is 3. The van der Waals surface area contributed by atoms with E-state index >= 15 is 0 Å². The van der Waals surface area contributed by atoms with Crippen molar-refractivity contribution in [1.82, 2.24) is 0 Å². The molecule has 0 aliphatic carbocycles. The summed E-state index contributed by atoms with van der Waals surface area (Å²) in [7, 11) is 0. The summed E-state index contributed by atoms with van der Waals surface area (Å²) in [6.07, 6.45) is 4.98. The van der Waals surface area contributed by atoms with Crippen LogP contribution in [0.1, 0.15) is 20.7 Å². The number of phenolic OH excluding ortho intramolecular Hbond substituents is 1. The van der Waals surface area contributed by atoms with Gasteiger partial charge in [-0.25, -0.2) is 0 Å². The molecular weight excluding hydrogens is 544 g/mol. The molecule has 0 atom stereocenters. The minimum Gasteiger partial charge on any atom is -0.507 e. The normalized spacial score (nSPS) is 8.85. The van der Waals surface area contributed by atoms with E-state index in [1.165, 1.54) is 6.07 Å². The van der Waals surface area contributed by atoms with E-state index in [4.69, 9.17) is 9.84 Å². The van der Waals surface area contributed by atoms with Crippen LogP contribution in [0.4, 0.5) is 0 Å². The molecule has 0 aliphatic rings. The van der Waals surface area contributed by atoms with Crippen LogP contribution < -0.4 is 4.74 Å². The lowest BCUT2D eigenvalue weighted by Gasteiger charge is -2.05. The molecule has 0 heterocycles. The molecule has 2 rings (SSSR count). The number of allylic oxidation sites excluding steroid dienone is 1. The molecule has 0 aliphatic heterocycles. The molecular formula is C20H19Br3O4. The fraction of sp³-hybridized carbons (Fsp3) is 0.100. The Morgan fingerprint density at radius 1 is 0.926 bits per heavy atom. The van der Waals surface area contributed by atoms with E-state index in [1.807, 2.05) is 0 Å². The molecule has 0 spiro atoms. The van der Waals surface area contributed by atoms with Crippen molar-refractivity contribution in [2.24, 2.45) is 0 Å². The number of aldehydes is 2. The number of hydrogen-bond acceptors (Lipinski definition) is 4. The highest BCUT2D eigenvalue weighted by atomic mass is 79.9. The zero-order chi connectivity index (χ0) is 20.7. The molecule has 0 radical (unpaired) electrons. The van der Waals surface area contributed by atoms with Crippen LogP contribution in [-0.4, -0.2) is 29.6 Å². The maximum absolute atomic E-state index is 10.4. The number of hydrogen-bond donors (Lipinski definition) is 1. The minimum absolute atomic E-state index is 0.144. The summed E-state index contributed by atoms with van der Waals surface area (Å²) in [5, 5.41) is 9.87. The molecule has 0 amide bonds. The van der Waals surface area contributed by atoms with Crippen LogP contribution in [0.2, 0.25) is 0 Å². The minimum atomic E-state index is 0.144. The molecule has 0 unspecified atom stereocenters. The van der Waals surface area contributed by atoms with Crippen LogP contribution in [-0.2, 0) is 0 Å². The second-order valence-corrected chi connectivity index (χ2v) is 7.04. The lowest BCUT2D eigenvalue weighted by molar-refractivity contribution is 0.111. The van der Waals surface area contributed by atoms with E-state index in [0.29, 0.717) is 28.0 Å². The van der Waals surface area contributed by atoms with Crippen LogP contribution in [0, 0.1) is 0 Å². The first-order valence-electron chi connectivity index (χ1n) is 7.52. The number of aromatic hydroxyl groups is 1. The summed E-state index contributed by atoms with van der Waals surface area (Å²) >= 11 is 9.51. The molecule has 0 fully saturated rings. The SMILES string of the molecule is C=CCBr.C=CCOc1ccc(C=O)cc1Br.O=Cc1ccc(O)c(Br)c1. The molecule has 0 saturated carbocycles. The van der Waals surface area contributed by atoms with Crippen molar-refractivity contribution in [3.05, 3.63) is 81.8 Å². The van der Waals surface area contributed by atoms with Crippen LogP contribution in [0.25, 0.3) is 0 Å². The second-order valence-electron chi connectivity index (χ2n) is 4.68. The highest BCUT2D eigenvalue weighted by Crippen LogP contribution is 2.25. The molecule has 1 N–H and O–H groups in total. The average Bonchev–Trinajstić information content (AvgIpc) is 2.69. The molecule has 7 heteroatoms. The van der Waals surface area contributed by atoms with Crippen molar-refractivity contribution in [1.29, 1.82) is 0 Å². The van der Waals surface area contributed by atoms with E-state index in [0.717, 1.165) is 22.4 Å². The van der Waals surface area contributed by atoms with E-state index in [-0.39, 0.29) is 5.75 Å². The van der Waals surface area contributed by atoms with Crippen LogP contribution in [0.5, 0.6) is 11.5 Å². The van der Waals surface area contributed by atoms with E-state index < -0.39 is 0 Å². The van der Waals surface area contributed by atoms with Gasteiger partial charge in [0.1, 0.15) is 30.7 Å². The van der Waals surface area contributed by atoms with Gasteiger partial charge in [-0.1, -0.05) is 34.7 Å². The van der Waals surface area contributed by atoms with Gasteiger partial charge in [-0.15, -0.1) is 6.58 Å². The van der Waals surface area contributed by atoms with Gasteiger partial charge in [-0.05, 0) is 68.3 Å². The van der Waals surface area contributed by atoms with Gasteiger partial charge in [0.25, 0.3) is 0 Å². The molecule has 0 saturated heterocycles. The third kappa shape index (κ3) is 10.9. The van der Waals surface area contributed by atoms with Crippen molar-refractivity contribution in [3.8, 4) is 11.5 Å². The number of benzene rings is 2. The first-order valence-corrected chi connectivity index (χ1v) is 10.2. The van der Waals surface area contributed by atoms with Gasteiger partial charge in [0.15, 0.2) is 0 Å². The maximum atomic E-state index is 10.4. The quantitative estimate of drug-likeness (QED) is 0.253. The van der Waals surface area contributed by atoms with Crippen molar-refractivity contribution in [3.63, 3.8) is 0 Å². The molecule has 144 valence electrons. The standard InChI is InChI=1S/C10H9BrO2.C7H5BrO2.C3H5Br/c1-2-5-13-10-4-3-8(7-12)6-9(10)11;8-6-3-5(4-9)1-2-7(6)10;1-2-3-4/h2-4,6-7H,1,5H2;1-4,10H;2H,1,3H2. The average molecular weight is 563 g/mol. The van der Waals surface area contributed by atoms with Gasteiger partial charge < -0.3 is 9.84 Å². The number of ether oxygens (including phenoxy) is 1. The van der Waals surface area contributed by atoms with Crippen molar-refractivity contribution in [2.45, 2.75) is 0 Å². The summed E-state index contributed by atoms with van der Waals surface area (Å²) in [5.41, 5.74) is 1.17. The van der Waals surface area contributed by atoms with Gasteiger partial charge in [0.05, 0.1) is 8.95 Å². The van der Waals surface area contributed by atoms with E-state index in [1.54, 1.807) is 42.5 Å². The smallest absolute Gasteiger partial charge is 0.150 e. The molecule has 2 aromatic carbocycles. The highest BCUT2D eigenvalue weighted by molar-refractivity contribution is 9.11. The summed E-state index contributed by atoms with van der Waals surface area (Å²) in [5.74, 6) is 0.858. The van der Waals surface area contributed by atoms with Crippen LogP contribution >= 0.6 is 47.8 Å². The zero-order valence-corrected chi connectivity index (χ0v) is 19.2. The summed E-state index contributed by atoms with van der Waals surface area (Å²) in [6.45, 7) is 7.43. The maximum Gasteiger partial charge on any atom is 0.150 e. The molecule has 0 aromatic heterocycles. The zero-order valence-electron chi connectivity index (χ0n) is 14.4. The number of alkyl halides is 1. The Labute approximate surface area is 184 Å². The van der Waals surface area contributed by atoms with Gasteiger partial charge in [-0.3, -0.25) is 9.59 Å². The Morgan fingerprint density at radius 2 is 1.44 bits per heavy atom. The van der Waals surface area contributed by atoms with Crippen molar-refractivity contribution in [2.75, 3.05) is 11.9 Å². The lowest BCUT2D eigenvalue weighted by Crippen LogP contribution is -1.94. The first kappa shape index (κ1) is 25.3. The van der Waals surface area contributed by atoms with Gasteiger partial charge in [-0.2, -0.15) is 0 Å². The summed E-state index contributed by atoms with van der Waals surface area (Å²) in [4.78, 5) is 20.6. The Kier molecular flexibility index (Phi) is 14.4.